The molecule has 2 aromatic rings. The van der Waals surface area contributed by atoms with E-state index >= 15 is 0 Å². The Labute approximate surface area is 123 Å². The third-order valence-corrected chi connectivity index (χ3v) is 3.39. The summed E-state index contributed by atoms with van der Waals surface area (Å²) in [5, 5.41) is 9.89. The van der Waals surface area contributed by atoms with E-state index in [1.54, 1.807) is 24.3 Å². The monoisotopic (exact) mass is 286 g/mol. The van der Waals surface area contributed by atoms with Crippen LogP contribution < -0.4 is 10.5 Å². The van der Waals surface area contributed by atoms with Gasteiger partial charge in [0.05, 0.1) is 5.56 Å². The van der Waals surface area contributed by atoms with Gasteiger partial charge in [-0.1, -0.05) is 24.6 Å². The maximum absolute atomic E-state index is 9.17. The molecule has 0 unspecified atom stereocenters. The van der Waals surface area contributed by atoms with Crippen molar-refractivity contribution in [3.05, 3.63) is 58.1 Å². The first-order valence-corrected chi connectivity index (χ1v) is 6.75. The van der Waals surface area contributed by atoms with Crippen LogP contribution in [0.3, 0.4) is 0 Å². The van der Waals surface area contributed by atoms with Gasteiger partial charge in [0.25, 0.3) is 0 Å². The average Bonchev–Trinajstić information content (AvgIpc) is 2.49. The minimum atomic E-state index is 0.399. The number of nitrogens with zero attached hydrogens (tertiary/aromatic N) is 1. The van der Waals surface area contributed by atoms with Crippen molar-refractivity contribution in [2.45, 2.75) is 19.9 Å². The van der Waals surface area contributed by atoms with Crippen molar-refractivity contribution in [3.8, 4) is 17.6 Å². The molecule has 2 aromatic carbocycles. The first-order valence-electron chi connectivity index (χ1n) is 6.37. The van der Waals surface area contributed by atoms with Crippen molar-refractivity contribution in [2.24, 2.45) is 5.73 Å². The predicted molar refractivity (Wildman–Crippen MR) is 80.0 cm³/mol. The Bertz CT molecular complexity index is 662. The van der Waals surface area contributed by atoms with Gasteiger partial charge >= 0.3 is 0 Å². The molecule has 20 heavy (non-hydrogen) atoms. The van der Waals surface area contributed by atoms with Gasteiger partial charge < -0.3 is 10.5 Å². The zero-order valence-corrected chi connectivity index (χ0v) is 11.9. The molecule has 0 saturated carbocycles. The molecule has 0 saturated heterocycles. The quantitative estimate of drug-likeness (QED) is 0.923. The highest BCUT2D eigenvalue weighted by Gasteiger charge is 2.07. The van der Waals surface area contributed by atoms with Gasteiger partial charge in [0.1, 0.15) is 17.6 Å². The fourth-order valence-electron chi connectivity index (χ4n) is 1.89. The Hall–Kier alpha value is -2.02. The zero-order chi connectivity index (χ0) is 14.5. The molecule has 0 atom stereocenters. The molecule has 0 aliphatic heterocycles. The maximum atomic E-state index is 9.17. The Morgan fingerprint density at radius 1 is 1.25 bits per heavy atom. The lowest BCUT2D eigenvalue weighted by Gasteiger charge is -2.10. The third-order valence-electron chi connectivity index (χ3n) is 3.03. The number of rotatable bonds is 4. The lowest BCUT2D eigenvalue weighted by atomic mass is 10.1. The van der Waals surface area contributed by atoms with E-state index in [9.17, 15) is 0 Å². The molecule has 2 rings (SSSR count). The summed E-state index contributed by atoms with van der Waals surface area (Å²) in [5.74, 6) is 1.19. The first kappa shape index (κ1) is 14.4. The largest absolute Gasteiger partial charge is 0.456 e. The molecule has 0 heterocycles. The Morgan fingerprint density at radius 3 is 2.70 bits per heavy atom. The minimum absolute atomic E-state index is 0.399. The molecule has 0 aliphatic carbocycles. The second-order valence-electron chi connectivity index (χ2n) is 4.36. The maximum Gasteiger partial charge on any atom is 0.145 e. The van der Waals surface area contributed by atoms with Gasteiger partial charge in [-0.05, 0) is 47.9 Å². The first-order chi connectivity index (χ1) is 9.67. The van der Waals surface area contributed by atoms with E-state index in [1.165, 1.54) is 0 Å². The second-order valence-corrected chi connectivity index (χ2v) is 4.76. The fourth-order valence-corrected chi connectivity index (χ4v) is 2.14. The molecule has 0 spiro atoms. The minimum Gasteiger partial charge on any atom is -0.456 e. The molecule has 0 aliphatic rings. The number of ether oxygens (including phenoxy) is 1. The summed E-state index contributed by atoms with van der Waals surface area (Å²) in [6, 6.07) is 13.0. The van der Waals surface area contributed by atoms with E-state index in [0.29, 0.717) is 23.6 Å². The summed E-state index contributed by atoms with van der Waals surface area (Å²) < 4.78 is 5.78. The summed E-state index contributed by atoms with van der Waals surface area (Å²) in [6.07, 6.45) is 0.827. The van der Waals surface area contributed by atoms with E-state index in [-0.39, 0.29) is 0 Å². The number of benzene rings is 2. The van der Waals surface area contributed by atoms with Crippen molar-refractivity contribution < 1.29 is 4.74 Å². The standard InChI is InChI=1S/C16H15ClN2O/c1-2-12-8-14(4-5-15(12)17)20-16-6-3-11(9-18)7-13(16)10-19/h3-8H,2,9,18H2,1H3. The van der Waals surface area contributed by atoms with Crippen LogP contribution in [0.4, 0.5) is 0 Å². The lowest BCUT2D eigenvalue weighted by molar-refractivity contribution is 0.480. The average molecular weight is 287 g/mol. The van der Waals surface area contributed by atoms with E-state index < -0.39 is 0 Å². The Balaban J connectivity index is 2.32. The normalized spacial score (nSPS) is 10.1. The highest BCUT2D eigenvalue weighted by molar-refractivity contribution is 6.31. The summed E-state index contributed by atoms with van der Waals surface area (Å²) in [6.45, 7) is 2.43. The summed E-state index contributed by atoms with van der Waals surface area (Å²) in [7, 11) is 0. The van der Waals surface area contributed by atoms with Crippen LogP contribution in [0, 0.1) is 11.3 Å². The number of nitrogens with two attached hydrogens (primary N) is 1. The van der Waals surface area contributed by atoms with Crippen LogP contribution >= 0.6 is 11.6 Å². The predicted octanol–water partition coefficient (Wildman–Crippen LogP) is 4.03. The number of hydrogen-bond donors (Lipinski definition) is 1. The number of nitriles is 1. The molecular formula is C16H15ClN2O. The molecule has 0 aromatic heterocycles. The van der Waals surface area contributed by atoms with Crippen molar-refractivity contribution in [1.29, 1.82) is 5.26 Å². The van der Waals surface area contributed by atoms with E-state index in [2.05, 4.69) is 6.07 Å². The van der Waals surface area contributed by atoms with Crippen LogP contribution in [0.15, 0.2) is 36.4 Å². The molecule has 0 fully saturated rings. The van der Waals surface area contributed by atoms with Crippen molar-refractivity contribution in [2.75, 3.05) is 0 Å². The van der Waals surface area contributed by atoms with Gasteiger partial charge in [0.15, 0.2) is 0 Å². The molecule has 0 amide bonds. The van der Waals surface area contributed by atoms with Crippen molar-refractivity contribution >= 4 is 11.6 Å². The Kier molecular flexibility index (Phi) is 4.62. The molecule has 0 bridgehead atoms. The summed E-state index contributed by atoms with van der Waals surface area (Å²) >= 11 is 6.08. The molecule has 4 heteroatoms. The number of aryl methyl sites for hydroxylation is 1. The number of halogens is 1. The van der Waals surface area contributed by atoms with Gasteiger partial charge in [-0.3, -0.25) is 0 Å². The fraction of sp³-hybridized carbons (Fsp3) is 0.188. The molecule has 3 nitrogen and oxygen atoms in total. The van der Waals surface area contributed by atoms with Crippen LogP contribution in [0.5, 0.6) is 11.5 Å². The van der Waals surface area contributed by atoms with Gasteiger partial charge in [0, 0.05) is 11.6 Å². The highest BCUT2D eigenvalue weighted by Crippen LogP contribution is 2.29. The lowest BCUT2D eigenvalue weighted by Crippen LogP contribution is -1.97. The summed E-state index contributed by atoms with van der Waals surface area (Å²) in [5.41, 5.74) is 7.96. The third kappa shape index (κ3) is 3.11. The molecule has 102 valence electrons. The SMILES string of the molecule is CCc1cc(Oc2ccc(CN)cc2C#N)ccc1Cl. The zero-order valence-electron chi connectivity index (χ0n) is 11.2. The van der Waals surface area contributed by atoms with Crippen LogP contribution in [-0.2, 0) is 13.0 Å². The van der Waals surface area contributed by atoms with E-state index in [0.717, 1.165) is 22.6 Å². The van der Waals surface area contributed by atoms with Crippen molar-refractivity contribution in [3.63, 3.8) is 0 Å². The van der Waals surface area contributed by atoms with Gasteiger partial charge in [-0.25, -0.2) is 0 Å². The second kappa shape index (κ2) is 6.42. The number of hydrogen-bond acceptors (Lipinski definition) is 3. The Morgan fingerprint density at radius 2 is 2.05 bits per heavy atom. The molecular weight excluding hydrogens is 272 g/mol. The topological polar surface area (TPSA) is 59.0 Å². The molecule has 2 N–H and O–H groups in total. The van der Waals surface area contributed by atoms with Crippen LogP contribution in [0.25, 0.3) is 0 Å². The van der Waals surface area contributed by atoms with Gasteiger partial charge in [-0.15, -0.1) is 0 Å². The van der Waals surface area contributed by atoms with E-state index in [4.69, 9.17) is 27.3 Å². The van der Waals surface area contributed by atoms with Gasteiger partial charge in [0.2, 0.25) is 0 Å². The highest BCUT2D eigenvalue weighted by atomic mass is 35.5. The van der Waals surface area contributed by atoms with E-state index in [1.807, 2.05) is 19.1 Å². The van der Waals surface area contributed by atoms with Crippen molar-refractivity contribution in [1.82, 2.24) is 0 Å². The molecule has 0 radical (unpaired) electrons. The van der Waals surface area contributed by atoms with Gasteiger partial charge in [-0.2, -0.15) is 5.26 Å². The smallest absolute Gasteiger partial charge is 0.145 e. The van der Waals surface area contributed by atoms with Crippen LogP contribution in [-0.4, -0.2) is 0 Å². The van der Waals surface area contributed by atoms with Crippen LogP contribution in [0.2, 0.25) is 5.02 Å². The summed E-state index contributed by atoms with van der Waals surface area (Å²) in [4.78, 5) is 0. The van der Waals surface area contributed by atoms with Crippen LogP contribution in [0.1, 0.15) is 23.6 Å².